The summed E-state index contributed by atoms with van der Waals surface area (Å²) in [6.45, 7) is 0. The minimum Gasteiger partial charge on any atom is -0.479 e. The lowest BCUT2D eigenvalue weighted by Gasteiger charge is -2.12. The number of carbonyl (C=O) groups is 2. The van der Waals surface area contributed by atoms with E-state index in [4.69, 9.17) is 15.3 Å². The van der Waals surface area contributed by atoms with Gasteiger partial charge in [0.1, 0.15) is 0 Å². The number of aromatic nitrogens is 1. The Labute approximate surface area is 89.9 Å². The fourth-order valence-corrected chi connectivity index (χ4v) is 0.835. The second-order valence-corrected chi connectivity index (χ2v) is 2.82. The highest BCUT2D eigenvalue weighted by atomic mass is 16.6. The van der Waals surface area contributed by atoms with E-state index in [1.807, 2.05) is 0 Å². The van der Waals surface area contributed by atoms with Crippen molar-refractivity contribution in [3.8, 4) is 5.88 Å². The molecule has 1 rings (SSSR count). The summed E-state index contributed by atoms with van der Waals surface area (Å²) in [5, 5.41) is 26.3. The number of ether oxygens (including phenoxy) is 1. The Bertz CT molecular complexity index is 379. The van der Waals surface area contributed by atoms with Crippen LogP contribution in [0.4, 0.5) is 0 Å². The standard InChI is InChI=1S/C9H9NO6/c11-6(8(13)14)7(12)9(15)16-5-3-1-2-4-10-5/h1-4,6-7,11-12H,(H,13,14). The fourth-order valence-electron chi connectivity index (χ4n) is 0.835. The highest BCUT2D eigenvalue weighted by Crippen LogP contribution is 2.06. The van der Waals surface area contributed by atoms with Crippen molar-refractivity contribution in [3.63, 3.8) is 0 Å². The molecule has 0 aromatic carbocycles. The van der Waals surface area contributed by atoms with Gasteiger partial charge >= 0.3 is 11.9 Å². The Morgan fingerprint density at radius 3 is 2.44 bits per heavy atom. The second kappa shape index (κ2) is 5.19. The molecule has 0 fully saturated rings. The molecule has 86 valence electrons. The molecule has 0 saturated carbocycles. The van der Waals surface area contributed by atoms with Gasteiger partial charge in [-0.25, -0.2) is 14.6 Å². The Balaban J connectivity index is 2.63. The third kappa shape index (κ3) is 3.01. The smallest absolute Gasteiger partial charge is 0.345 e. The maximum Gasteiger partial charge on any atom is 0.345 e. The van der Waals surface area contributed by atoms with Crippen molar-refractivity contribution in [2.75, 3.05) is 0 Å². The number of aliphatic carboxylic acids is 1. The molecule has 0 aliphatic heterocycles. The first-order valence-corrected chi connectivity index (χ1v) is 4.24. The third-order valence-corrected chi connectivity index (χ3v) is 1.64. The van der Waals surface area contributed by atoms with Crippen LogP contribution in [-0.4, -0.2) is 44.5 Å². The van der Waals surface area contributed by atoms with Crippen molar-refractivity contribution < 1.29 is 29.6 Å². The predicted molar refractivity (Wildman–Crippen MR) is 49.5 cm³/mol. The van der Waals surface area contributed by atoms with Crippen molar-refractivity contribution in [2.45, 2.75) is 12.2 Å². The summed E-state index contributed by atoms with van der Waals surface area (Å²) in [6.07, 6.45) is -3.03. The summed E-state index contributed by atoms with van der Waals surface area (Å²) in [5.41, 5.74) is 0. The zero-order chi connectivity index (χ0) is 12.1. The number of carboxylic acids is 1. The van der Waals surface area contributed by atoms with Gasteiger partial charge in [-0.15, -0.1) is 0 Å². The zero-order valence-electron chi connectivity index (χ0n) is 7.98. The van der Waals surface area contributed by atoms with E-state index >= 15 is 0 Å². The number of aliphatic hydroxyl groups is 2. The summed E-state index contributed by atoms with van der Waals surface area (Å²) in [5.74, 6) is -3.09. The van der Waals surface area contributed by atoms with Crippen molar-refractivity contribution in [3.05, 3.63) is 24.4 Å². The van der Waals surface area contributed by atoms with E-state index in [0.29, 0.717) is 0 Å². The number of hydrogen-bond donors (Lipinski definition) is 3. The van der Waals surface area contributed by atoms with Crippen LogP contribution in [0, 0.1) is 0 Å². The van der Waals surface area contributed by atoms with Crippen LogP contribution in [0.5, 0.6) is 5.88 Å². The molecule has 0 spiro atoms. The van der Waals surface area contributed by atoms with Crippen LogP contribution in [0.1, 0.15) is 0 Å². The second-order valence-electron chi connectivity index (χ2n) is 2.82. The van der Waals surface area contributed by atoms with Gasteiger partial charge < -0.3 is 20.1 Å². The monoisotopic (exact) mass is 227 g/mol. The van der Waals surface area contributed by atoms with Gasteiger partial charge in [-0.2, -0.15) is 0 Å². The summed E-state index contributed by atoms with van der Waals surface area (Å²) in [4.78, 5) is 25.0. The molecule has 3 N–H and O–H groups in total. The number of pyridine rings is 1. The number of hydrogen-bond acceptors (Lipinski definition) is 6. The van der Waals surface area contributed by atoms with Crippen LogP contribution in [0.3, 0.4) is 0 Å². The third-order valence-electron chi connectivity index (χ3n) is 1.64. The molecule has 0 amide bonds. The molecule has 0 aliphatic rings. The van der Waals surface area contributed by atoms with Crippen molar-refractivity contribution in [1.82, 2.24) is 4.98 Å². The van der Waals surface area contributed by atoms with E-state index in [2.05, 4.69) is 9.72 Å². The lowest BCUT2D eigenvalue weighted by molar-refractivity contribution is -0.164. The molecule has 16 heavy (non-hydrogen) atoms. The van der Waals surface area contributed by atoms with Crippen molar-refractivity contribution in [1.29, 1.82) is 0 Å². The topological polar surface area (TPSA) is 117 Å². The molecule has 0 radical (unpaired) electrons. The quantitative estimate of drug-likeness (QED) is 0.552. The summed E-state index contributed by atoms with van der Waals surface area (Å²) < 4.78 is 4.52. The predicted octanol–water partition coefficient (Wildman–Crippen LogP) is -1.21. The average molecular weight is 227 g/mol. The Morgan fingerprint density at radius 2 is 1.94 bits per heavy atom. The maximum atomic E-state index is 11.1. The van der Waals surface area contributed by atoms with E-state index in [1.54, 1.807) is 6.07 Å². The largest absolute Gasteiger partial charge is 0.479 e. The van der Waals surface area contributed by atoms with Gasteiger partial charge in [0, 0.05) is 12.3 Å². The molecule has 0 saturated heterocycles. The van der Waals surface area contributed by atoms with Crippen molar-refractivity contribution in [2.24, 2.45) is 0 Å². The maximum absolute atomic E-state index is 11.1. The van der Waals surface area contributed by atoms with Gasteiger partial charge in [0.2, 0.25) is 5.88 Å². The minimum atomic E-state index is -2.23. The molecule has 2 atom stereocenters. The molecule has 2 unspecified atom stereocenters. The number of carboxylic acid groups (broad SMARTS) is 1. The Kier molecular flexibility index (Phi) is 3.92. The molecular weight excluding hydrogens is 218 g/mol. The number of carbonyl (C=O) groups excluding carboxylic acids is 1. The molecule has 1 heterocycles. The fraction of sp³-hybridized carbons (Fsp3) is 0.222. The number of aliphatic hydroxyl groups excluding tert-OH is 2. The van der Waals surface area contributed by atoms with Gasteiger partial charge in [0.25, 0.3) is 0 Å². The van der Waals surface area contributed by atoms with E-state index in [9.17, 15) is 9.59 Å². The van der Waals surface area contributed by atoms with Crippen LogP contribution >= 0.6 is 0 Å². The zero-order valence-corrected chi connectivity index (χ0v) is 7.98. The van der Waals surface area contributed by atoms with E-state index in [1.165, 1.54) is 18.3 Å². The number of esters is 1. The molecular formula is C9H9NO6. The molecule has 7 nitrogen and oxygen atoms in total. The normalized spacial score (nSPS) is 13.9. The van der Waals surface area contributed by atoms with Crippen LogP contribution in [-0.2, 0) is 9.59 Å². The highest BCUT2D eigenvalue weighted by Gasteiger charge is 2.31. The van der Waals surface area contributed by atoms with Gasteiger partial charge in [-0.1, -0.05) is 6.07 Å². The van der Waals surface area contributed by atoms with Gasteiger partial charge in [-0.3, -0.25) is 0 Å². The van der Waals surface area contributed by atoms with Gasteiger partial charge in [0.05, 0.1) is 0 Å². The Morgan fingerprint density at radius 1 is 1.25 bits per heavy atom. The lowest BCUT2D eigenvalue weighted by Crippen LogP contribution is -2.41. The highest BCUT2D eigenvalue weighted by molar-refractivity contribution is 5.85. The Hall–Kier alpha value is -1.99. The van der Waals surface area contributed by atoms with Crippen LogP contribution < -0.4 is 4.74 Å². The first-order chi connectivity index (χ1) is 7.52. The molecule has 7 heteroatoms. The summed E-state index contributed by atoms with van der Waals surface area (Å²) in [7, 11) is 0. The number of rotatable bonds is 4. The molecule has 1 aromatic heterocycles. The molecule has 0 bridgehead atoms. The van der Waals surface area contributed by atoms with Crippen LogP contribution in [0.2, 0.25) is 0 Å². The van der Waals surface area contributed by atoms with Gasteiger partial charge in [0.15, 0.2) is 12.2 Å². The summed E-state index contributed by atoms with van der Waals surface area (Å²) >= 11 is 0. The van der Waals surface area contributed by atoms with E-state index < -0.39 is 24.1 Å². The van der Waals surface area contributed by atoms with E-state index in [0.717, 1.165) is 0 Å². The van der Waals surface area contributed by atoms with Crippen LogP contribution in [0.15, 0.2) is 24.4 Å². The average Bonchev–Trinajstić information content (AvgIpc) is 2.28. The molecule has 1 aromatic rings. The summed E-state index contributed by atoms with van der Waals surface area (Å²) in [6, 6.07) is 4.47. The lowest BCUT2D eigenvalue weighted by atomic mass is 10.2. The van der Waals surface area contributed by atoms with Gasteiger partial charge in [-0.05, 0) is 6.07 Å². The SMILES string of the molecule is O=C(O)C(O)C(O)C(=O)Oc1ccccn1. The minimum absolute atomic E-state index is 0.0934. The number of nitrogens with zero attached hydrogens (tertiary/aromatic N) is 1. The first kappa shape index (κ1) is 12.1. The molecule has 0 aliphatic carbocycles. The van der Waals surface area contributed by atoms with Crippen molar-refractivity contribution >= 4 is 11.9 Å². The van der Waals surface area contributed by atoms with E-state index in [-0.39, 0.29) is 5.88 Å². The first-order valence-electron chi connectivity index (χ1n) is 4.24. The van der Waals surface area contributed by atoms with Crippen LogP contribution in [0.25, 0.3) is 0 Å².